The second-order valence-corrected chi connectivity index (χ2v) is 9.01. The summed E-state index contributed by atoms with van der Waals surface area (Å²) in [6.07, 6.45) is 9.11. The minimum atomic E-state index is -0.219. The number of nitrogens with zero attached hydrogens (tertiary/aromatic N) is 3. The van der Waals surface area contributed by atoms with E-state index in [1.165, 1.54) is 0 Å². The Kier molecular flexibility index (Phi) is 8.92. The van der Waals surface area contributed by atoms with Crippen LogP contribution in [0.25, 0.3) is 22.3 Å². The van der Waals surface area contributed by atoms with Gasteiger partial charge >= 0.3 is 0 Å². The Bertz CT molecular complexity index is 1290. The highest BCUT2D eigenvalue weighted by molar-refractivity contribution is 5.78. The van der Waals surface area contributed by atoms with Crippen molar-refractivity contribution in [3.63, 3.8) is 0 Å². The van der Waals surface area contributed by atoms with E-state index in [-0.39, 0.29) is 11.9 Å². The van der Waals surface area contributed by atoms with Gasteiger partial charge in [-0.1, -0.05) is 50.1 Å². The third-order valence-corrected chi connectivity index (χ3v) is 6.32. The first kappa shape index (κ1) is 25.2. The molecule has 3 heterocycles. The van der Waals surface area contributed by atoms with Gasteiger partial charge in [-0.3, -0.25) is 9.59 Å². The van der Waals surface area contributed by atoms with Gasteiger partial charge < -0.3 is 10.3 Å². The van der Waals surface area contributed by atoms with Crippen LogP contribution in [0.3, 0.4) is 0 Å². The lowest BCUT2D eigenvalue weighted by atomic mass is 10.0. The SMILES string of the molecule is CCC(=O)CCCCC[C@H](NC(=O)CCc1ccc2cccnc2n1)c1ncc(-c2ccccc2)[nH]1. The van der Waals surface area contributed by atoms with Crippen LogP contribution in [0.1, 0.15) is 69.4 Å². The van der Waals surface area contributed by atoms with Crippen molar-refractivity contribution in [1.82, 2.24) is 25.3 Å². The number of amides is 1. The minimum absolute atomic E-state index is 0.0401. The second kappa shape index (κ2) is 12.7. The number of unbranched alkanes of at least 4 members (excludes halogenated alkanes) is 2. The highest BCUT2D eigenvalue weighted by Gasteiger charge is 2.18. The summed E-state index contributed by atoms with van der Waals surface area (Å²) in [4.78, 5) is 41.4. The standard InChI is InChI=1S/C29H33N5O2/c1-2-24(35)13-7-4-8-14-25(29-31-20-26(34-29)21-10-5-3-6-11-21)33-27(36)18-17-23-16-15-22-12-9-19-30-28(22)32-23/h3,5-6,9-12,15-16,19-20,25H,2,4,7-8,13-14,17-18H2,1H3,(H,31,34)(H,33,36)/t25-/m0/s1. The minimum Gasteiger partial charge on any atom is -0.346 e. The van der Waals surface area contributed by atoms with E-state index in [4.69, 9.17) is 0 Å². The molecule has 3 aromatic heterocycles. The molecule has 2 N–H and O–H groups in total. The maximum absolute atomic E-state index is 12.9. The molecule has 0 aliphatic heterocycles. The zero-order chi connectivity index (χ0) is 25.2. The summed E-state index contributed by atoms with van der Waals surface area (Å²) in [6, 6.07) is 17.6. The van der Waals surface area contributed by atoms with Crippen LogP contribution >= 0.6 is 0 Å². The lowest BCUT2D eigenvalue weighted by Crippen LogP contribution is -2.29. The van der Waals surface area contributed by atoms with Gasteiger partial charge in [0.25, 0.3) is 0 Å². The van der Waals surface area contributed by atoms with Crippen molar-refractivity contribution in [2.75, 3.05) is 0 Å². The molecule has 0 saturated heterocycles. The molecule has 7 heteroatoms. The Morgan fingerprint density at radius 2 is 1.81 bits per heavy atom. The smallest absolute Gasteiger partial charge is 0.220 e. The monoisotopic (exact) mass is 483 g/mol. The summed E-state index contributed by atoms with van der Waals surface area (Å²) in [6.45, 7) is 1.90. The van der Waals surface area contributed by atoms with Gasteiger partial charge in [-0.2, -0.15) is 0 Å². The fraction of sp³-hybridized carbons (Fsp3) is 0.345. The van der Waals surface area contributed by atoms with Gasteiger partial charge in [-0.25, -0.2) is 15.0 Å². The number of carbonyl (C=O) groups excluding carboxylic acids is 2. The van der Waals surface area contributed by atoms with Crippen molar-refractivity contribution in [2.24, 2.45) is 0 Å². The first-order valence-corrected chi connectivity index (χ1v) is 12.7. The Morgan fingerprint density at radius 1 is 0.944 bits per heavy atom. The summed E-state index contributed by atoms with van der Waals surface area (Å²) in [5.41, 5.74) is 3.51. The van der Waals surface area contributed by atoms with Gasteiger partial charge in [0.15, 0.2) is 5.65 Å². The molecule has 0 saturated carbocycles. The number of ketones is 1. The quantitative estimate of drug-likeness (QED) is 0.236. The largest absolute Gasteiger partial charge is 0.346 e. The Balaban J connectivity index is 1.38. The normalized spacial score (nSPS) is 11.9. The first-order chi connectivity index (χ1) is 17.6. The average molecular weight is 484 g/mol. The molecule has 36 heavy (non-hydrogen) atoms. The van der Waals surface area contributed by atoms with Crippen LogP contribution in [0.15, 0.2) is 67.0 Å². The molecule has 0 bridgehead atoms. The average Bonchev–Trinajstić information content (AvgIpc) is 3.41. The molecule has 1 atom stereocenters. The molecule has 0 radical (unpaired) electrons. The number of nitrogens with one attached hydrogen (secondary N) is 2. The molecule has 186 valence electrons. The number of fused-ring (bicyclic) bond motifs is 1. The highest BCUT2D eigenvalue weighted by atomic mass is 16.1. The molecule has 4 aromatic rings. The number of hydrogen-bond donors (Lipinski definition) is 2. The number of pyridine rings is 2. The third kappa shape index (κ3) is 7.07. The number of imidazole rings is 1. The molecule has 1 aromatic carbocycles. The number of benzene rings is 1. The van der Waals surface area contributed by atoms with Crippen LogP contribution in [0.4, 0.5) is 0 Å². The van der Waals surface area contributed by atoms with Crippen molar-refractivity contribution in [3.8, 4) is 11.3 Å². The molecule has 0 spiro atoms. The van der Waals surface area contributed by atoms with E-state index in [1.54, 1.807) is 6.20 Å². The molecule has 0 aliphatic carbocycles. The van der Waals surface area contributed by atoms with Crippen molar-refractivity contribution in [1.29, 1.82) is 0 Å². The fourth-order valence-electron chi connectivity index (χ4n) is 4.22. The lowest BCUT2D eigenvalue weighted by molar-refractivity contribution is -0.122. The zero-order valence-corrected chi connectivity index (χ0v) is 20.7. The molecular weight excluding hydrogens is 450 g/mol. The number of aryl methyl sites for hydroxylation is 1. The van der Waals surface area contributed by atoms with Gasteiger partial charge in [0, 0.05) is 36.5 Å². The molecule has 7 nitrogen and oxygen atoms in total. The molecule has 0 aliphatic rings. The number of Topliss-reactive ketones (excluding diaryl/α,β-unsaturated/α-hetero) is 1. The summed E-state index contributed by atoms with van der Waals surface area (Å²) >= 11 is 0. The van der Waals surface area contributed by atoms with Crippen molar-refractivity contribution in [2.45, 2.75) is 64.3 Å². The van der Waals surface area contributed by atoms with Crippen LogP contribution in [-0.4, -0.2) is 31.6 Å². The van der Waals surface area contributed by atoms with Crippen LogP contribution in [0, 0.1) is 0 Å². The van der Waals surface area contributed by atoms with E-state index < -0.39 is 0 Å². The maximum Gasteiger partial charge on any atom is 0.220 e. The van der Waals surface area contributed by atoms with Crippen molar-refractivity contribution >= 4 is 22.7 Å². The third-order valence-electron chi connectivity index (χ3n) is 6.32. The van der Waals surface area contributed by atoms with Crippen molar-refractivity contribution in [3.05, 3.63) is 78.5 Å². The number of aromatic amines is 1. The van der Waals surface area contributed by atoms with Gasteiger partial charge in [0.2, 0.25) is 5.91 Å². The van der Waals surface area contributed by atoms with Crippen LogP contribution in [0.2, 0.25) is 0 Å². The zero-order valence-electron chi connectivity index (χ0n) is 20.7. The van der Waals surface area contributed by atoms with E-state index in [9.17, 15) is 9.59 Å². The highest BCUT2D eigenvalue weighted by Crippen LogP contribution is 2.23. The predicted molar refractivity (Wildman–Crippen MR) is 141 cm³/mol. The lowest BCUT2D eigenvalue weighted by Gasteiger charge is -2.17. The maximum atomic E-state index is 12.9. The molecule has 0 fully saturated rings. The molecule has 4 rings (SSSR count). The van der Waals surface area contributed by atoms with Gasteiger partial charge in [-0.05, 0) is 49.1 Å². The Morgan fingerprint density at radius 3 is 2.64 bits per heavy atom. The Hall–Kier alpha value is -3.87. The summed E-state index contributed by atoms with van der Waals surface area (Å²) in [5.74, 6) is 1.01. The Labute approximate surface area is 211 Å². The number of hydrogen-bond acceptors (Lipinski definition) is 5. The van der Waals surface area contributed by atoms with Crippen molar-refractivity contribution < 1.29 is 9.59 Å². The number of H-pyrrole nitrogens is 1. The summed E-state index contributed by atoms with van der Waals surface area (Å²) < 4.78 is 0. The topological polar surface area (TPSA) is 101 Å². The molecule has 0 unspecified atom stereocenters. The molecule has 1 amide bonds. The predicted octanol–water partition coefficient (Wildman–Crippen LogP) is 5.74. The van der Waals surface area contributed by atoms with Gasteiger partial charge in [-0.15, -0.1) is 0 Å². The summed E-state index contributed by atoms with van der Waals surface area (Å²) in [7, 11) is 0. The van der Waals surface area contributed by atoms with Gasteiger partial charge in [0.1, 0.15) is 11.6 Å². The number of aromatic nitrogens is 4. The van der Waals surface area contributed by atoms with Crippen LogP contribution < -0.4 is 5.32 Å². The van der Waals surface area contributed by atoms with E-state index >= 15 is 0 Å². The van der Waals surface area contributed by atoms with Crippen LogP contribution in [-0.2, 0) is 16.0 Å². The van der Waals surface area contributed by atoms with Gasteiger partial charge in [0.05, 0.1) is 17.9 Å². The molecular formula is C29H33N5O2. The van der Waals surface area contributed by atoms with E-state index in [0.717, 1.165) is 53.8 Å². The van der Waals surface area contributed by atoms with E-state index in [1.807, 2.05) is 67.7 Å². The first-order valence-electron chi connectivity index (χ1n) is 12.7. The second-order valence-electron chi connectivity index (χ2n) is 9.01. The summed E-state index contributed by atoms with van der Waals surface area (Å²) in [5, 5.41) is 4.16. The number of carbonyl (C=O) groups is 2. The van der Waals surface area contributed by atoms with E-state index in [2.05, 4.69) is 25.3 Å². The van der Waals surface area contributed by atoms with E-state index in [0.29, 0.717) is 37.1 Å². The van der Waals surface area contributed by atoms with Crippen LogP contribution in [0.5, 0.6) is 0 Å². The number of rotatable bonds is 13. The fourth-order valence-corrected chi connectivity index (χ4v) is 4.22.